The molecule has 0 aromatic carbocycles. The van der Waals surface area contributed by atoms with E-state index in [0.717, 1.165) is 64.2 Å². The van der Waals surface area contributed by atoms with Crippen molar-refractivity contribution in [2.24, 2.45) is 0 Å². The zero-order chi connectivity index (χ0) is 59.3. The molecule has 0 rings (SSSR count). The van der Waals surface area contributed by atoms with Crippen LogP contribution in [0.2, 0.25) is 0 Å². The molecule has 0 saturated carbocycles. The highest BCUT2D eigenvalue weighted by atomic mass is 31.2. The van der Waals surface area contributed by atoms with Gasteiger partial charge in [0.2, 0.25) is 5.91 Å². The summed E-state index contributed by atoms with van der Waals surface area (Å²) in [6.45, 7) is 6.67. The molecule has 0 bridgehead atoms. The summed E-state index contributed by atoms with van der Waals surface area (Å²) in [6, 6.07) is -0.911. The van der Waals surface area contributed by atoms with E-state index in [1.165, 1.54) is 186 Å². The van der Waals surface area contributed by atoms with Gasteiger partial charge in [-0.15, -0.1) is 0 Å². The van der Waals surface area contributed by atoms with Crippen molar-refractivity contribution in [3.8, 4) is 0 Å². The first-order valence-electron chi connectivity index (χ1n) is 33.6. The molecular formula is C71H127N2O7P. The van der Waals surface area contributed by atoms with Crippen LogP contribution in [0.4, 0.5) is 0 Å². The Balaban J connectivity index is 5.06. The van der Waals surface area contributed by atoms with Crippen LogP contribution in [0.5, 0.6) is 0 Å². The monoisotopic (exact) mass is 1150 g/mol. The van der Waals surface area contributed by atoms with Crippen LogP contribution in [-0.2, 0) is 27.9 Å². The molecule has 9 nitrogen and oxygen atoms in total. The minimum Gasteiger partial charge on any atom is -0.756 e. The average molecular weight is 1150 g/mol. The lowest BCUT2D eigenvalue weighted by Crippen LogP contribution is -2.47. The fraction of sp³-hybridized carbons (Fsp3) is 0.746. The van der Waals surface area contributed by atoms with E-state index in [9.17, 15) is 19.0 Å². The predicted octanol–water partition coefficient (Wildman–Crippen LogP) is 20.5. The first-order valence-corrected chi connectivity index (χ1v) is 35.1. The minimum absolute atomic E-state index is 0.0334. The first-order chi connectivity index (χ1) is 39.4. The number of likely N-dealkylation sites (N-methyl/N-ethyl adjacent to an activating group) is 1. The van der Waals surface area contributed by atoms with Crippen molar-refractivity contribution < 1.29 is 37.3 Å². The molecule has 0 aliphatic carbocycles. The molecule has 0 aliphatic heterocycles. The number of hydrogen-bond acceptors (Lipinski definition) is 7. The number of carbonyl (C=O) groups is 2. The molecule has 0 heterocycles. The molecule has 3 unspecified atom stereocenters. The zero-order valence-corrected chi connectivity index (χ0v) is 54.4. The van der Waals surface area contributed by atoms with Crippen LogP contribution in [0.1, 0.15) is 290 Å². The van der Waals surface area contributed by atoms with Crippen LogP contribution in [0.3, 0.4) is 0 Å². The van der Waals surface area contributed by atoms with Crippen molar-refractivity contribution >= 4 is 19.7 Å². The van der Waals surface area contributed by atoms with Crippen LogP contribution in [0.25, 0.3) is 0 Å². The molecule has 0 aromatic heterocycles. The molecule has 0 aliphatic rings. The first kappa shape index (κ1) is 77.9. The quantitative estimate of drug-likeness (QED) is 0.0161. The Bertz CT molecular complexity index is 1710. The number of ether oxygens (including phenoxy) is 1. The Morgan fingerprint density at radius 3 is 1.23 bits per heavy atom. The van der Waals surface area contributed by atoms with Crippen LogP contribution in [-0.4, -0.2) is 69.4 Å². The van der Waals surface area contributed by atoms with Crippen molar-refractivity contribution in [2.45, 2.75) is 303 Å². The van der Waals surface area contributed by atoms with Gasteiger partial charge in [0.15, 0.2) is 0 Å². The van der Waals surface area contributed by atoms with Crippen molar-refractivity contribution in [3.63, 3.8) is 0 Å². The third-order valence-corrected chi connectivity index (χ3v) is 15.6. The topological polar surface area (TPSA) is 114 Å². The maximum absolute atomic E-state index is 13.6. The molecule has 1 amide bonds. The maximum atomic E-state index is 13.6. The maximum Gasteiger partial charge on any atom is 0.306 e. The van der Waals surface area contributed by atoms with E-state index in [2.05, 4.69) is 50.4 Å². The summed E-state index contributed by atoms with van der Waals surface area (Å²) in [5.74, 6) is -0.590. The highest BCUT2D eigenvalue weighted by Gasteiger charge is 2.27. The summed E-state index contributed by atoms with van der Waals surface area (Å²) in [7, 11) is 1.15. The summed E-state index contributed by atoms with van der Waals surface area (Å²) in [6.07, 6.45) is 81.1. The van der Waals surface area contributed by atoms with E-state index in [-0.39, 0.29) is 24.9 Å². The van der Waals surface area contributed by atoms with Crippen molar-refractivity contribution in [1.82, 2.24) is 5.32 Å². The van der Waals surface area contributed by atoms with Crippen LogP contribution >= 0.6 is 7.82 Å². The molecule has 468 valence electrons. The Labute approximate surface area is 500 Å². The number of quaternary nitrogens is 1. The number of phosphoric acid groups is 1. The average Bonchev–Trinajstić information content (AvgIpc) is 3.43. The molecule has 3 atom stereocenters. The van der Waals surface area contributed by atoms with E-state index in [1.807, 2.05) is 94.1 Å². The SMILES string of the molecule is CC\C=C/C=C/C=C/C=C\C=C\C=C\CCCCCC(=O)OC(/C=C\CCCCCCCCCCC)C(COP(=O)([O-])OCC[N+](C)(C)C)NC(=O)CCCCCCCCCCCCCCCCCCC/C=C/CCCCCCCC. The number of allylic oxidation sites excluding steroid dienone is 15. The van der Waals surface area contributed by atoms with Crippen molar-refractivity contribution in [3.05, 3.63) is 97.2 Å². The Hall–Kier alpha value is -3.07. The summed E-state index contributed by atoms with van der Waals surface area (Å²) < 4.78 is 30.3. The van der Waals surface area contributed by atoms with Gasteiger partial charge in [0.25, 0.3) is 7.82 Å². The lowest BCUT2D eigenvalue weighted by Gasteiger charge is -2.30. The van der Waals surface area contributed by atoms with Gasteiger partial charge in [-0.1, -0.05) is 298 Å². The number of phosphoric ester groups is 1. The van der Waals surface area contributed by atoms with Gasteiger partial charge in [-0.3, -0.25) is 14.2 Å². The normalized spacial score (nSPS) is 14.2. The van der Waals surface area contributed by atoms with Gasteiger partial charge in [0.1, 0.15) is 19.3 Å². The molecule has 1 N–H and O–H groups in total. The lowest BCUT2D eigenvalue weighted by molar-refractivity contribution is -0.870. The highest BCUT2D eigenvalue weighted by molar-refractivity contribution is 7.45. The largest absolute Gasteiger partial charge is 0.756 e. The minimum atomic E-state index is -4.71. The number of hydrogen-bond donors (Lipinski definition) is 1. The second kappa shape index (κ2) is 60.1. The van der Waals surface area contributed by atoms with E-state index in [1.54, 1.807) is 0 Å². The summed E-state index contributed by atoms with van der Waals surface area (Å²) >= 11 is 0. The van der Waals surface area contributed by atoms with Gasteiger partial charge in [-0.25, -0.2) is 0 Å². The highest BCUT2D eigenvalue weighted by Crippen LogP contribution is 2.38. The van der Waals surface area contributed by atoms with Gasteiger partial charge >= 0.3 is 5.97 Å². The Morgan fingerprint density at radius 2 is 0.802 bits per heavy atom. The predicted molar refractivity (Wildman–Crippen MR) is 348 cm³/mol. The number of unbranched alkanes of at least 4 members (excludes halogenated alkanes) is 35. The smallest absolute Gasteiger partial charge is 0.306 e. The Kier molecular flexibility index (Phi) is 57.8. The fourth-order valence-corrected chi connectivity index (χ4v) is 10.2. The summed E-state index contributed by atoms with van der Waals surface area (Å²) in [4.78, 5) is 40.0. The van der Waals surface area contributed by atoms with E-state index in [0.29, 0.717) is 23.9 Å². The Morgan fingerprint density at radius 1 is 0.444 bits per heavy atom. The standard InChI is InChI=1S/C71H127N2O7P/c1-7-10-13-16-19-22-25-27-29-31-32-33-34-35-36-37-38-39-40-42-43-45-48-51-54-57-60-63-70(74)72-68(67-79-81(76,77)78-66-65-73(4,5)6)69(62-59-56-53-50-47-24-21-18-15-12-9-3)80-71(75)64-61-58-55-52-49-46-44-41-30-28-26-23-20-17-14-11-8-2/h11,14,17,20,23,26-30,41,44,46,49,59,62,68-69H,7-10,12-13,15-16,18-19,21-22,24-25,31-40,42-43,45,47-48,50-58,60-61,63-67H2,1-6H3,(H-,72,74,76,77)/b14-11-,20-17+,26-23+,29-27+,30-28-,44-41+,49-46+,62-59-. The van der Waals surface area contributed by atoms with Crippen LogP contribution in [0, 0.1) is 0 Å². The molecule has 0 radical (unpaired) electrons. The number of rotatable bonds is 60. The summed E-state index contributed by atoms with van der Waals surface area (Å²) in [5.41, 5.74) is 0. The third kappa shape index (κ3) is 61.3. The second-order valence-electron chi connectivity index (χ2n) is 23.7. The molecule has 0 spiro atoms. The lowest BCUT2D eigenvalue weighted by atomic mass is 10.0. The van der Waals surface area contributed by atoms with Gasteiger partial charge < -0.3 is 28.5 Å². The van der Waals surface area contributed by atoms with Gasteiger partial charge in [-0.05, 0) is 76.7 Å². The number of nitrogens with zero attached hydrogens (tertiary/aromatic N) is 1. The van der Waals surface area contributed by atoms with E-state index >= 15 is 0 Å². The number of nitrogens with one attached hydrogen (secondary N) is 1. The van der Waals surface area contributed by atoms with Gasteiger partial charge in [0, 0.05) is 12.8 Å². The molecule has 0 aromatic rings. The number of carbonyl (C=O) groups excluding carboxylic acids is 2. The number of esters is 1. The molecule has 0 fully saturated rings. The third-order valence-electron chi connectivity index (χ3n) is 14.7. The van der Waals surface area contributed by atoms with Crippen molar-refractivity contribution in [2.75, 3.05) is 40.9 Å². The van der Waals surface area contributed by atoms with E-state index < -0.39 is 26.6 Å². The fourth-order valence-electron chi connectivity index (χ4n) is 9.49. The zero-order valence-electron chi connectivity index (χ0n) is 53.5. The van der Waals surface area contributed by atoms with Crippen molar-refractivity contribution in [1.29, 1.82) is 0 Å². The molecule has 10 heteroatoms. The second-order valence-corrected chi connectivity index (χ2v) is 25.2. The molecule has 81 heavy (non-hydrogen) atoms. The van der Waals surface area contributed by atoms with Gasteiger partial charge in [-0.2, -0.15) is 0 Å². The van der Waals surface area contributed by atoms with Crippen LogP contribution < -0.4 is 10.2 Å². The molecule has 0 saturated heterocycles. The van der Waals surface area contributed by atoms with Gasteiger partial charge in [0.05, 0.1) is 33.8 Å². The number of amides is 1. The van der Waals surface area contributed by atoms with Crippen LogP contribution in [0.15, 0.2) is 97.2 Å². The van der Waals surface area contributed by atoms with E-state index in [4.69, 9.17) is 13.8 Å². The summed E-state index contributed by atoms with van der Waals surface area (Å²) in [5, 5.41) is 3.02. The molecular weight excluding hydrogens is 1020 g/mol.